The monoisotopic (exact) mass is 262 g/mol. The Morgan fingerprint density at radius 2 is 1.84 bits per heavy atom. The van der Waals surface area contributed by atoms with E-state index in [0.29, 0.717) is 6.54 Å². The summed E-state index contributed by atoms with van der Waals surface area (Å²) in [4.78, 5) is 12.2. The summed E-state index contributed by atoms with van der Waals surface area (Å²) in [7, 11) is 0. The van der Waals surface area contributed by atoms with E-state index in [0.717, 1.165) is 32.2 Å². The molecule has 3 heteroatoms. The molecule has 0 radical (unpaired) electrons. The molecule has 19 heavy (non-hydrogen) atoms. The van der Waals surface area contributed by atoms with Crippen molar-refractivity contribution in [1.82, 2.24) is 5.32 Å². The third-order valence-electron chi connectivity index (χ3n) is 4.00. The van der Waals surface area contributed by atoms with Gasteiger partial charge in [-0.3, -0.25) is 4.79 Å². The quantitative estimate of drug-likeness (QED) is 0.707. The highest BCUT2D eigenvalue weighted by Gasteiger charge is 2.32. The minimum absolute atomic E-state index is 0.105. The number of aryl methyl sites for hydroxylation is 1. The van der Waals surface area contributed by atoms with Gasteiger partial charge in [0, 0.05) is 13.1 Å². The minimum Gasteiger partial charge on any atom is -0.356 e. The lowest BCUT2D eigenvalue weighted by Gasteiger charge is -2.28. The molecule has 3 nitrogen and oxygen atoms in total. The van der Waals surface area contributed by atoms with Crippen molar-refractivity contribution in [2.45, 2.75) is 39.5 Å². The van der Waals surface area contributed by atoms with E-state index in [1.807, 2.05) is 32.0 Å². The van der Waals surface area contributed by atoms with Gasteiger partial charge >= 0.3 is 0 Å². The van der Waals surface area contributed by atoms with Gasteiger partial charge in [-0.15, -0.1) is 0 Å². The van der Waals surface area contributed by atoms with Crippen molar-refractivity contribution in [2.75, 3.05) is 13.1 Å². The zero-order chi connectivity index (χ0) is 14.1. The largest absolute Gasteiger partial charge is 0.356 e. The summed E-state index contributed by atoms with van der Waals surface area (Å²) in [5, 5.41) is 3.03. The minimum atomic E-state index is -0.382. The van der Waals surface area contributed by atoms with Crippen molar-refractivity contribution in [3.8, 4) is 0 Å². The fraction of sp³-hybridized carbons (Fsp3) is 0.562. The number of nitrogens with two attached hydrogens (primary N) is 1. The third kappa shape index (κ3) is 4.35. The van der Waals surface area contributed by atoms with Crippen molar-refractivity contribution < 1.29 is 4.79 Å². The standard InChI is InChI=1S/C16H26N2O/c1-3-16(4-2,13-17)15(19)18-12-8-11-14-9-6-5-7-10-14/h5-7,9-10H,3-4,8,11-13,17H2,1-2H3,(H,18,19). The molecule has 0 aromatic heterocycles. The molecule has 1 aromatic rings. The number of rotatable bonds is 8. The highest BCUT2D eigenvalue weighted by atomic mass is 16.2. The maximum atomic E-state index is 12.2. The summed E-state index contributed by atoms with van der Waals surface area (Å²) in [5.41, 5.74) is 6.69. The van der Waals surface area contributed by atoms with Crippen LogP contribution in [-0.2, 0) is 11.2 Å². The predicted octanol–water partition coefficient (Wildman–Crippen LogP) is 2.50. The van der Waals surface area contributed by atoms with E-state index in [1.165, 1.54) is 5.56 Å². The van der Waals surface area contributed by atoms with Gasteiger partial charge in [0.2, 0.25) is 5.91 Å². The number of hydrogen-bond donors (Lipinski definition) is 2. The van der Waals surface area contributed by atoms with E-state index >= 15 is 0 Å². The Balaban J connectivity index is 2.34. The first-order valence-corrected chi connectivity index (χ1v) is 7.21. The third-order valence-corrected chi connectivity index (χ3v) is 4.00. The maximum Gasteiger partial charge on any atom is 0.227 e. The molecule has 0 saturated carbocycles. The van der Waals surface area contributed by atoms with Gasteiger partial charge < -0.3 is 11.1 Å². The van der Waals surface area contributed by atoms with Gasteiger partial charge in [0.25, 0.3) is 0 Å². The maximum absolute atomic E-state index is 12.2. The van der Waals surface area contributed by atoms with Crippen LogP contribution in [0.5, 0.6) is 0 Å². The molecule has 0 aliphatic carbocycles. The second kappa shape index (κ2) is 7.95. The molecule has 0 unspecified atom stereocenters. The molecule has 3 N–H and O–H groups in total. The van der Waals surface area contributed by atoms with E-state index in [-0.39, 0.29) is 11.3 Å². The Kier molecular flexibility index (Phi) is 6.57. The topological polar surface area (TPSA) is 55.1 Å². The number of carbonyl (C=O) groups excluding carboxylic acids is 1. The molecule has 0 spiro atoms. The lowest BCUT2D eigenvalue weighted by Crippen LogP contribution is -2.45. The first-order chi connectivity index (χ1) is 9.18. The van der Waals surface area contributed by atoms with Gasteiger partial charge in [0.15, 0.2) is 0 Å². The summed E-state index contributed by atoms with van der Waals surface area (Å²) >= 11 is 0. The second-order valence-electron chi connectivity index (χ2n) is 5.04. The average molecular weight is 262 g/mol. The van der Waals surface area contributed by atoms with Crippen LogP contribution in [0.3, 0.4) is 0 Å². The second-order valence-corrected chi connectivity index (χ2v) is 5.04. The van der Waals surface area contributed by atoms with E-state index < -0.39 is 0 Å². The summed E-state index contributed by atoms with van der Waals surface area (Å²) in [6, 6.07) is 10.3. The molecule has 0 aliphatic heterocycles. The molecule has 106 valence electrons. The predicted molar refractivity (Wildman–Crippen MR) is 79.8 cm³/mol. The van der Waals surface area contributed by atoms with Gasteiger partial charge in [-0.05, 0) is 31.2 Å². The number of amides is 1. The van der Waals surface area contributed by atoms with Crippen molar-refractivity contribution in [3.63, 3.8) is 0 Å². The van der Waals surface area contributed by atoms with Crippen LogP contribution in [0.25, 0.3) is 0 Å². The molecule has 1 rings (SSSR count). The van der Waals surface area contributed by atoms with E-state index in [4.69, 9.17) is 5.73 Å². The van der Waals surface area contributed by atoms with Gasteiger partial charge in [-0.1, -0.05) is 44.2 Å². The Morgan fingerprint density at radius 3 is 2.37 bits per heavy atom. The molecule has 0 aliphatic rings. The van der Waals surface area contributed by atoms with Crippen LogP contribution in [-0.4, -0.2) is 19.0 Å². The van der Waals surface area contributed by atoms with Crippen molar-refractivity contribution in [2.24, 2.45) is 11.1 Å². The van der Waals surface area contributed by atoms with Crippen LogP contribution in [0, 0.1) is 5.41 Å². The lowest BCUT2D eigenvalue weighted by molar-refractivity contribution is -0.131. The summed E-state index contributed by atoms with van der Waals surface area (Å²) < 4.78 is 0. The van der Waals surface area contributed by atoms with E-state index in [2.05, 4.69) is 17.4 Å². The molecule has 1 amide bonds. The molecule has 0 bridgehead atoms. The number of hydrogen-bond acceptors (Lipinski definition) is 2. The molecule has 0 fully saturated rings. The van der Waals surface area contributed by atoms with Crippen LogP contribution in [0.15, 0.2) is 30.3 Å². The lowest BCUT2D eigenvalue weighted by atomic mass is 9.81. The van der Waals surface area contributed by atoms with E-state index in [9.17, 15) is 4.79 Å². The van der Waals surface area contributed by atoms with Crippen molar-refractivity contribution in [3.05, 3.63) is 35.9 Å². The average Bonchev–Trinajstić information content (AvgIpc) is 2.47. The molecular formula is C16H26N2O. The van der Waals surface area contributed by atoms with E-state index in [1.54, 1.807) is 0 Å². The van der Waals surface area contributed by atoms with Crippen LogP contribution < -0.4 is 11.1 Å². The summed E-state index contributed by atoms with van der Waals surface area (Å²) in [5.74, 6) is 0.105. The van der Waals surface area contributed by atoms with Gasteiger partial charge in [0.1, 0.15) is 0 Å². The summed E-state index contributed by atoms with van der Waals surface area (Å²) in [6.07, 6.45) is 3.55. The van der Waals surface area contributed by atoms with Gasteiger partial charge in [0.05, 0.1) is 5.41 Å². The van der Waals surface area contributed by atoms with Crippen LogP contribution in [0.4, 0.5) is 0 Å². The fourth-order valence-corrected chi connectivity index (χ4v) is 2.28. The zero-order valence-electron chi connectivity index (χ0n) is 12.1. The normalized spacial score (nSPS) is 11.3. The zero-order valence-corrected chi connectivity index (χ0v) is 12.1. The van der Waals surface area contributed by atoms with Crippen LogP contribution in [0.1, 0.15) is 38.7 Å². The first kappa shape index (κ1) is 15.7. The summed E-state index contributed by atoms with van der Waals surface area (Å²) in [6.45, 7) is 5.19. The van der Waals surface area contributed by atoms with Gasteiger partial charge in [-0.25, -0.2) is 0 Å². The Labute approximate surface area is 116 Å². The first-order valence-electron chi connectivity index (χ1n) is 7.21. The SMILES string of the molecule is CCC(CC)(CN)C(=O)NCCCc1ccccc1. The Hall–Kier alpha value is -1.35. The number of nitrogens with one attached hydrogen (secondary N) is 1. The van der Waals surface area contributed by atoms with Crippen LogP contribution in [0.2, 0.25) is 0 Å². The van der Waals surface area contributed by atoms with Crippen molar-refractivity contribution >= 4 is 5.91 Å². The highest BCUT2D eigenvalue weighted by molar-refractivity contribution is 5.82. The highest BCUT2D eigenvalue weighted by Crippen LogP contribution is 2.24. The van der Waals surface area contributed by atoms with Crippen molar-refractivity contribution in [1.29, 1.82) is 0 Å². The Morgan fingerprint density at radius 1 is 1.21 bits per heavy atom. The fourth-order valence-electron chi connectivity index (χ4n) is 2.28. The molecule has 0 heterocycles. The smallest absolute Gasteiger partial charge is 0.227 e. The molecule has 0 saturated heterocycles. The van der Waals surface area contributed by atoms with Gasteiger partial charge in [-0.2, -0.15) is 0 Å². The molecule has 0 atom stereocenters. The Bertz CT molecular complexity index is 363. The van der Waals surface area contributed by atoms with Crippen LogP contribution >= 0.6 is 0 Å². The molecule has 1 aromatic carbocycles. The molecular weight excluding hydrogens is 236 g/mol. The number of benzene rings is 1. The number of carbonyl (C=O) groups is 1.